The van der Waals surface area contributed by atoms with Crippen LogP contribution in [0.3, 0.4) is 0 Å². The topological polar surface area (TPSA) is 73.2 Å². The Kier molecular flexibility index (Phi) is 5.86. The molecule has 0 radical (unpaired) electrons. The normalized spacial score (nSPS) is 15.2. The van der Waals surface area contributed by atoms with Crippen LogP contribution in [-0.4, -0.2) is 28.3 Å². The monoisotopic (exact) mass is 359 g/mol. The quantitative estimate of drug-likeness (QED) is 0.600. The van der Waals surface area contributed by atoms with Crippen LogP contribution in [0.25, 0.3) is 0 Å². The summed E-state index contributed by atoms with van der Waals surface area (Å²) in [5.74, 6) is -0.904. The molecule has 9 heteroatoms. The lowest BCUT2D eigenvalue weighted by atomic mass is 10.2. The Morgan fingerprint density at radius 2 is 2.12 bits per heavy atom. The van der Waals surface area contributed by atoms with Gasteiger partial charge in [0.15, 0.2) is 5.69 Å². The summed E-state index contributed by atoms with van der Waals surface area (Å²) in [5, 5.41) is 6.09. The molecule has 0 bridgehead atoms. The van der Waals surface area contributed by atoms with Crippen LogP contribution in [0.1, 0.15) is 50.4 Å². The number of aryl methyl sites for hydroxylation is 1. The predicted octanol–water partition coefficient (Wildman–Crippen LogP) is 2.75. The van der Waals surface area contributed by atoms with E-state index >= 15 is 0 Å². The van der Waals surface area contributed by atoms with E-state index in [9.17, 15) is 22.8 Å². The molecule has 1 saturated carbocycles. The number of carbonyl (C=O) groups is 2. The summed E-state index contributed by atoms with van der Waals surface area (Å²) in [6, 6.07) is 1.06. The molecule has 1 amide bonds. The largest absolute Gasteiger partial charge is 0.463 e. The van der Waals surface area contributed by atoms with Gasteiger partial charge in [0.1, 0.15) is 0 Å². The van der Waals surface area contributed by atoms with E-state index < -0.39 is 23.7 Å². The number of nitrogens with zero attached hydrogens (tertiary/aromatic N) is 2. The fourth-order valence-corrected chi connectivity index (χ4v) is 2.34. The van der Waals surface area contributed by atoms with Crippen LogP contribution >= 0.6 is 0 Å². The molecule has 0 aliphatic heterocycles. The van der Waals surface area contributed by atoms with E-state index in [0.29, 0.717) is 11.4 Å². The minimum absolute atomic E-state index is 0.0421. The second kappa shape index (κ2) is 7.71. The average Bonchev–Trinajstić information content (AvgIpc) is 3.23. The van der Waals surface area contributed by atoms with E-state index in [2.05, 4.69) is 10.4 Å². The summed E-state index contributed by atoms with van der Waals surface area (Å²) < 4.78 is 44.4. The zero-order chi connectivity index (χ0) is 18.6. The van der Waals surface area contributed by atoms with Gasteiger partial charge in [0, 0.05) is 36.4 Å². The molecule has 1 aromatic rings. The molecule has 2 rings (SSSR count). The molecule has 1 fully saturated rings. The molecule has 1 aliphatic carbocycles. The molecule has 138 valence electrons. The van der Waals surface area contributed by atoms with Crippen molar-refractivity contribution in [1.29, 1.82) is 0 Å². The molecule has 0 saturated heterocycles. The third kappa shape index (κ3) is 5.61. The van der Waals surface area contributed by atoms with Gasteiger partial charge in [-0.2, -0.15) is 18.3 Å². The highest BCUT2D eigenvalue weighted by atomic mass is 19.4. The fraction of sp³-hybridized carbons (Fsp3) is 0.562. The number of hydrogen-bond acceptors (Lipinski definition) is 4. The van der Waals surface area contributed by atoms with Crippen molar-refractivity contribution in [2.24, 2.45) is 0 Å². The van der Waals surface area contributed by atoms with Crippen molar-refractivity contribution in [3.63, 3.8) is 0 Å². The number of aromatic nitrogens is 2. The first-order valence-electron chi connectivity index (χ1n) is 8.00. The van der Waals surface area contributed by atoms with Crippen LogP contribution in [0.5, 0.6) is 0 Å². The lowest BCUT2D eigenvalue weighted by molar-refractivity contribution is -0.141. The molecule has 1 aromatic heterocycles. The van der Waals surface area contributed by atoms with E-state index in [-0.39, 0.29) is 25.5 Å². The number of ether oxygens (including phenoxy) is 1. The maximum absolute atomic E-state index is 12.8. The van der Waals surface area contributed by atoms with Crippen LogP contribution < -0.4 is 5.32 Å². The van der Waals surface area contributed by atoms with Gasteiger partial charge in [0.25, 0.3) is 0 Å². The van der Waals surface area contributed by atoms with Gasteiger partial charge in [-0.05, 0) is 32.8 Å². The number of amides is 1. The number of nitrogens with one attached hydrogen (secondary N) is 1. The summed E-state index contributed by atoms with van der Waals surface area (Å²) in [5.41, 5.74) is -0.116. The van der Waals surface area contributed by atoms with Crippen molar-refractivity contribution < 1.29 is 27.5 Å². The van der Waals surface area contributed by atoms with Gasteiger partial charge in [-0.25, -0.2) is 4.79 Å². The first-order valence-corrected chi connectivity index (χ1v) is 8.00. The van der Waals surface area contributed by atoms with E-state index in [1.54, 1.807) is 6.92 Å². The summed E-state index contributed by atoms with van der Waals surface area (Å²) in [6.45, 7) is 3.46. The Morgan fingerprint density at radius 3 is 2.68 bits per heavy atom. The first kappa shape index (κ1) is 19.0. The predicted molar refractivity (Wildman–Crippen MR) is 82.4 cm³/mol. The molecular formula is C16H20F3N3O3. The Balaban J connectivity index is 1.95. The maximum atomic E-state index is 12.8. The summed E-state index contributed by atoms with van der Waals surface area (Å²) in [6.07, 6.45) is -1.75. The zero-order valence-corrected chi connectivity index (χ0v) is 14.0. The molecule has 25 heavy (non-hydrogen) atoms. The second-order valence-electron chi connectivity index (χ2n) is 5.83. The fourth-order valence-electron chi connectivity index (χ4n) is 2.34. The van der Waals surface area contributed by atoms with Gasteiger partial charge in [-0.15, -0.1) is 0 Å². The van der Waals surface area contributed by atoms with Crippen molar-refractivity contribution in [2.75, 3.05) is 6.61 Å². The molecule has 6 nitrogen and oxygen atoms in total. The highest BCUT2D eigenvalue weighted by Gasteiger charge is 2.37. The number of hydrogen-bond donors (Lipinski definition) is 1. The Hall–Kier alpha value is -2.32. The Bertz CT molecular complexity index is 676. The van der Waals surface area contributed by atoms with E-state index in [0.717, 1.165) is 25.0 Å². The number of carbonyl (C=O) groups excluding carboxylic acids is 2. The molecule has 1 N–H and O–H groups in total. The van der Waals surface area contributed by atoms with Crippen LogP contribution in [0.2, 0.25) is 0 Å². The molecular weight excluding hydrogens is 339 g/mol. The summed E-state index contributed by atoms with van der Waals surface area (Å²) in [7, 11) is 0. The van der Waals surface area contributed by atoms with E-state index in [1.165, 1.54) is 11.6 Å². The number of alkyl halides is 3. The van der Waals surface area contributed by atoms with Crippen LogP contribution in [0, 0.1) is 0 Å². The molecule has 1 aliphatic rings. The second-order valence-corrected chi connectivity index (χ2v) is 5.83. The molecule has 0 spiro atoms. The molecule has 0 unspecified atom stereocenters. The Morgan fingerprint density at radius 1 is 1.44 bits per heavy atom. The third-order valence-corrected chi connectivity index (χ3v) is 3.61. The lowest BCUT2D eigenvalue weighted by Crippen LogP contribution is -2.24. The van der Waals surface area contributed by atoms with Gasteiger partial charge in [-0.3, -0.25) is 9.48 Å². The Labute approximate surface area is 143 Å². The zero-order valence-electron chi connectivity index (χ0n) is 14.0. The molecule has 1 heterocycles. The highest BCUT2D eigenvalue weighted by Crippen LogP contribution is 2.42. The summed E-state index contributed by atoms with van der Waals surface area (Å²) in [4.78, 5) is 23.2. The lowest BCUT2D eigenvalue weighted by Gasteiger charge is -2.08. The van der Waals surface area contributed by atoms with Gasteiger partial charge < -0.3 is 10.1 Å². The SMILES string of the molecule is CCOC(=O)/C=C(\C)NC(=O)CCn1nc(C(F)(F)F)cc1C1CC1. The highest BCUT2D eigenvalue weighted by molar-refractivity contribution is 5.84. The number of halogens is 3. The molecule has 0 atom stereocenters. The first-order chi connectivity index (χ1) is 11.7. The number of esters is 1. The van der Waals surface area contributed by atoms with Crippen LogP contribution in [0.4, 0.5) is 13.2 Å². The standard InChI is InChI=1S/C16H20F3N3O3/c1-3-25-15(24)8-10(2)20-14(23)6-7-22-12(11-4-5-11)9-13(21-22)16(17,18)19/h8-9,11H,3-7H2,1-2H3,(H,20,23)/b10-8+. The van der Waals surface area contributed by atoms with Crippen molar-refractivity contribution >= 4 is 11.9 Å². The van der Waals surface area contributed by atoms with Crippen molar-refractivity contribution in [3.05, 3.63) is 29.2 Å². The van der Waals surface area contributed by atoms with Crippen LogP contribution in [0.15, 0.2) is 17.8 Å². The van der Waals surface area contributed by atoms with Crippen LogP contribution in [-0.2, 0) is 27.0 Å². The van der Waals surface area contributed by atoms with Gasteiger partial charge in [0.05, 0.1) is 6.61 Å². The van der Waals surface area contributed by atoms with E-state index in [1.807, 2.05) is 0 Å². The third-order valence-electron chi connectivity index (χ3n) is 3.61. The smallest absolute Gasteiger partial charge is 0.435 e. The minimum Gasteiger partial charge on any atom is -0.463 e. The van der Waals surface area contributed by atoms with Crippen molar-refractivity contribution in [3.8, 4) is 0 Å². The summed E-state index contributed by atoms with van der Waals surface area (Å²) >= 11 is 0. The van der Waals surface area contributed by atoms with E-state index in [4.69, 9.17) is 4.74 Å². The average molecular weight is 359 g/mol. The van der Waals surface area contributed by atoms with Gasteiger partial charge in [0.2, 0.25) is 5.91 Å². The number of allylic oxidation sites excluding steroid dienone is 1. The van der Waals surface area contributed by atoms with Gasteiger partial charge in [-0.1, -0.05) is 0 Å². The van der Waals surface area contributed by atoms with Crippen molar-refractivity contribution in [1.82, 2.24) is 15.1 Å². The van der Waals surface area contributed by atoms with Gasteiger partial charge >= 0.3 is 12.1 Å². The molecule has 0 aromatic carbocycles. The maximum Gasteiger partial charge on any atom is 0.435 e. The number of rotatable bonds is 7. The minimum atomic E-state index is -4.50. The van der Waals surface area contributed by atoms with Crippen molar-refractivity contribution in [2.45, 2.75) is 51.7 Å².